The Morgan fingerprint density at radius 2 is 1.92 bits per heavy atom. The number of aromatic amines is 1. The smallest absolute Gasteiger partial charge is 0.146 e. The van der Waals surface area contributed by atoms with Gasteiger partial charge in [0.25, 0.3) is 0 Å². The number of rotatable bonds is 5. The van der Waals surface area contributed by atoms with Crippen molar-refractivity contribution in [3.8, 4) is 0 Å². The van der Waals surface area contributed by atoms with Crippen molar-refractivity contribution in [1.29, 1.82) is 0 Å². The molecule has 2 aliphatic rings. The van der Waals surface area contributed by atoms with Crippen LogP contribution >= 0.6 is 0 Å². The van der Waals surface area contributed by atoms with E-state index in [1.807, 2.05) is 6.20 Å². The predicted molar refractivity (Wildman–Crippen MR) is 91.4 cm³/mol. The molecule has 2 aromatic heterocycles. The third kappa shape index (κ3) is 3.37. The molecule has 0 aromatic carbocycles. The number of H-pyrrole nitrogens is 1. The second kappa shape index (κ2) is 7.03. The molecule has 2 aliphatic heterocycles. The Labute approximate surface area is 143 Å². The van der Waals surface area contributed by atoms with Gasteiger partial charge in [0.2, 0.25) is 0 Å². The maximum Gasteiger partial charge on any atom is 0.146 e. The summed E-state index contributed by atoms with van der Waals surface area (Å²) in [7, 11) is 2.13. The average Bonchev–Trinajstić information content (AvgIpc) is 3.33. The molecule has 1 unspecified atom stereocenters. The fourth-order valence-electron chi connectivity index (χ4n) is 4.03. The number of piperidine rings is 1. The zero-order valence-corrected chi connectivity index (χ0v) is 14.5. The molecule has 0 amide bonds. The van der Waals surface area contributed by atoms with E-state index in [0.29, 0.717) is 5.92 Å². The van der Waals surface area contributed by atoms with Crippen LogP contribution in [-0.2, 0) is 20.1 Å². The minimum absolute atomic E-state index is 0.478. The van der Waals surface area contributed by atoms with Gasteiger partial charge in [-0.1, -0.05) is 0 Å². The molecule has 0 spiro atoms. The minimum Gasteiger partial charge on any atom is -0.347 e. The highest BCUT2D eigenvalue weighted by Gasteiger charge is 2.26. The molecule has 24 heavy (non-hydrogen) atoms. The van der Waals surface area contributed by atoms with E-state index in [1.165, 1.54) is 44.5 Å². The molecule has 0 aliphatic carbocycles. The van der Waals surface area contributed by atoms with Crippen molar-refractivity contribution < 1.29 is 0 Å². The molecular formula is C17H27N7. The van der Waals surface area contributed by atoms with Crippen molar-refractivity contribution in [3.63, 3.8) is 0 Å². The number of nitrogens with zero attached hydrogens (tertiary/aromatic N) is 6. The molecule has 0 radical (unpaired) electrons. The van der Waals surface area contributed by atoms with E-state index in [2.05, 4.69) is 41.6 Å². The summed E-state index contributed by atoms with van der Waals surface area (Å²) in [4.78, 5) is 12.3. The Balaban J connectivity index is 1.42. The normalized spacial score (nSPS) is 23.1. The van der Waals surface area contributed by atoms with E-state index in [1.54, 1.807) is 6.33 Å². The van der Waals surface area contributed by atoms with E-state index in [4.69, 9.17) is 0 Å². The number of nitrogens with one attached hydrogen (secondary N) is 1. The third-order valence-electron chi connectivity index (χ3n) is 5.38. The summed E-state index contributed by atoms with van der Waals surface area (Å²) in [5, 5.41) is 9.04. The van der Waals surface area contributed by atoms with Crippen molar-refractivity contribution in [2.75, 3.05) is 26.2 Å². The van der Waals surface area contributed by atoms with Crippen molar-refractivity contribution >= 4 is 0 Å². The van der Waals surface area contributed by atoms with Crippen LogP contribution in [-0.4, -0.2) is 60.7 Å². The number of hydrogen-bond acceptors (Lipinski definition) is 5. The Morgan fingerprint density at radius 1 is 1.08 bits per heavy atom. The summed E-state index contributed by atoms with van der Waals surface area (Å²) in [5.74, 6) is 2.74. The maximum atomic E-state index is 4.55. The lowest BCUT2D eigenvalue weighted by atomic mass is 9.97. The largest absolute Gasteiger partial charge is 0.347 e. The topological polar surface area (TPSA) is 65.9 Å². The molecule has 4 rings (SSSR count). The fourth-order valence-corrected chi connectivity index (χ4v) is 4.03. The predicted octanol–water partition coefficient (Wildman–Crippen LogP) is 1.51. The molecule has 0 saturated carbocycles. The Kier molecular flexibility index (Phi) is 4.62. The van der Waals surface area contributed by atoms with Crippen LogP contribution < -0.4 is 0 Å². The molecule has 7 nitrogen and oxygen atoms in total. The van der Waals surface area contributed by atoms with Gasteiger partial charge in [0.1, 0.15) is 11.6 Å². The van der Waals surface area contributed by atoms with Gasteiger partial charge in [0.15, 0.2) is 0 Å². The van der Waals surface area contributed by atoms with Gasteiger partial charge >= 0.3 is 0 Å². The van der Waals surface area contributed by atoms with E-state index >= 15 is 0 Å². The van der Waals surface area contributed by atoms with Crippen molar-refractivity contribution in [2.24, 2.45) is 7.05 Å². The second-order valence-electron chi connectivity index (χ2n) is 7.17. The van der Waals surface area contributed by atoms with Crippen LogP contribution in [0.3, 0.4) is 0 Å². The molecule has 4 heterocycles. The third-order valence-corrected chi connectivity index (χ3v) is 5.38. The number of imidazole rings is 1. The molecule has 2 fully saturated rings. The summed E-state index contributed by atoms with van der Waals surface area (Å²) < 4.78 is 2.24. The van der Waals surface area contributed by atoms with E-state index < -0.39 is 0 Å². The van der Waals surface area contributed by atoms with E-state index in [9.17, 15) is 0 Å². The van der Waals surface area contributed by atoms with E-state index in [0.717, 1.165) is 37.8 Å². The molecular weight excluding hydrogens is 302 g/mol. The first kappa shape index (κ1) is 15.8. The van der Waals surface area contributed by atoms with Crippen LogP contribution in [0.15, 0.2) is 12.5 Å². The van der Waals surface area contributed by atoms with Crippen LogP contribution in [0.25, 0.3) is 0 Å². The van der Waals surface area contributed by atoms with Gasteiger partial charge in [-0.15, -0.1) is 10.2 Å². The summed E-state index contributed by atoms with van der Waals surface area (Å²) in [5.41, 5.74) is 1.18. The number of aromatic nitrogens is 5. The lowest BCUT2D eigenvalue weighted by Gasteiger charge is -2.31. The monoisotopic (exact) mass is 329 g/mol. The molecule has 7 heteroatoms. The van der Waals surface area contributed by atoms with E-state index in [-0.39, 0.29) is 0 Å². The summed E-state index contributed by atoms with van der Waals surface area (Å²) >= 11 is 0. The van der Waals surface area contributed by atoms with Crippen LogP contribution in [0.5, 0.6) is 0 Å². The second-order valence-corrected chi connectivity index (χ2v) is 7.17. The molecule has 1 N–H and O–H groups in total. The standard InChI is InChI=1S/C17H27N7/c1-22-16(12-23-6-2-3-7-23)20-21-17(22)14-5-4-8-24(10-14)11-15-9-18-13-19-15/h9,13-14H,2-8,10-12H2,1H3,(H,18,19). The Morgan fingerprint density at radius 3 is 2.71 bits per heavy atom. The van der Waals surface area contributed by atoms with Crippen molar-refractivity contribution in [3.05, 3.63) is 29.9 Å². The van der Waals surface area contributed by atoms with Gasteiger partial charge in [0, 0.05) is 37.9 Å². The first-order valence-corrected chi connectivity index (χ1v) is 9.10. The SMILES string of the molecule is Cn1c(CN2CCCC2)nnc1C1CCCN(Cc2cnc[nH]2)C1. The van der Waals surface area contributed by atoms with Gasteiger partial charge in [0.05, 0.1) is 12.9 Å². The number of likely N-dealkylation sites (tertiary alicyclic amines) is 2. The highest BCUT2D eigenvalue weighted by atomic mass is 15.3. The lowest BCUT2D eigenvalue weighted by Crippen LogP contribution is -2.35. The molecule has 0 bridgehead atoms. The molecule has 1 atom stereocenters. The average molecular weight is 329 g/mol. The maximum absolute atomic E-state index is 4.55. The Hall–Kier alpha value is -1.73. The quantitative estimate of drug-likeness (QED) is 0.901. The highest BCUT2D eigenvalue weighted by molar-refractivity contribution is 5.05. The lowest BCUT2D eigenvalue weighted by molar-refractivity contribution is 0.193. The van der Waals surface area contributed by atoms with Gasteiger partial charge in [-0.3, -0.25) is 9.80 Å². The van der Waals surface area contributed by atoms with Gasteiger partial charge in [-0.05, 0) is 45.3 Å². The summed E-state index contributed by atoms with van der Waals surface area (Å²) in [6.45, 7) is 6.47. The first-order valence-electron chi connectivity index (χ1n) is 9.10. The van der Waals surface area contributed by atoms with Gasteiger partial charge in [-0.2, -0.15) is 0 Å². The summed E-state index contributed by atoms with van der Waals surface area (Å²) in [6, 6.07) is 0. The zero-order chi connectivity index (χ0) is 16.4. The minimum atomic E-state index is 0.478. The Bertz CT molecular complexity index is 642. The zero-order valence-electron chi connectivity index (χ0n) is 14.5. The van der Waals surface area contributed by atoms with Crippen LogP contribution in [0, 0.1) is 0 Å². The summed E-state index contributed by atoms with van der Waals surface area (Å²) in [6.07, 6.45) is 8.72. The molecule has 2 aromatic rings. The van der Waals surface area contributed by atoms with Crippen molar-refractivity contribution in [1.82, 2.24) is 34.5 Å². The number of hydrogen-bond donors (Lipinski definition) is 1. The van der Waals surface area contributed by atoms with Gasteiger partial charge in [-0.25, -0.2) is 4.98 Å². The molecule has 130 valence electrons. The first-order chi connectivity index (χ1) is 11.8. The van der Waals surface area contributed by atoms with Crippen LogP contribution in [0.2, 0.25) is 0 Å². The highest BCUT2D eigenvalue weighted by Crippen LogP contribution is 2.27. The van der Waals surface area contributed by atoms with Gasteiger partial charge < -0.3 is 9.55 Å². The van der Waals surface area contributed by atoms with Crippen LogP contribution in [0.1, 0.15) is 48.9 Å². The van der Waals surface area contributed by atoms with Crippen molar-refractivity contribution in [2.45, 2.75) is 44.7 Å². The fraction of sp³-hybridized carbons (Fsp3) is 0.706. The molecule has 2 saturated heterocycles. The van der Waals surface area contributed by atoms with Crippen LogP contribution in [0.4, 0.5) is 0 Å².